The van der Waals surface area contributed by atoms with Gasteiger partial charge in [0, 0.05) is 30.8 Å². The van der Waals surface area contributed by atoms with E-state index in [0.717, 1.165) is 6.42 Å². The summed E-state index contributed by atoms with van der Waals surface area (Å²) in [5.41, 5.74) is 1.04. The van der Waals surface area contributed by atoms with Crippen molar-refractivity contribution in [1.82, 2.24) is 4.90 Å². The van der Waals surface area contributed by atoms with Crippen molar-refractivity contribution in [2.24, 2.45) is 0 Å². The summed E-state index contributed by atoms with van der Waals surface area (Å²) in [5.74, 6) is -0.715. The average molecular weight is 320 g/mol. The van der Waals surface area contributed by atoms with Crippen LogP contribution >= 0.6 is 0 Å². The fourth-order valence-electron chi connectivity index (χ4n) is 2.16. The first-order valence-corrected chi connectivity index (χ1v) is 7.64. The standard InChI is InChI=1S/C17H24N2O4/c1-5-12(2)19(10-9-16(21)23-4)17(22)14-7-6-8-15(11-14)18-13(3)20/h6-8,11-12H,5,9-10H2,1-4H3,(H,18,20). The van der Waals surface area contributed by atoms with E-state index in [2.05, 4.69) is 10.1 Å². The smallest absolute Gasteiger partial charge is 0.307 e. The zero-order valence-electron chi connectivity index (χ0n) is 14.1. The second kappa shape index (κ2) is 8.92. The number of nitrogens with zero attached hydrogens (tertiary/aromatic N) is 1. The molecule has 0 radical (unpaired) electrons. The van der Waals surface area contributed by atoms with Crippen molar-refractivity contribution < 1.29 is 19.1 Å². The largest absolute Gasteiger partial charge is 0.469 e. The molecule has 1 aromatic rings. The molecule has 6 nitrogen and oxygen atoms in total. The molecule has 1 N–H and O–H groups in total. The molecule has 0 saturated carbocycles. The molecule has 1 rings (SSSR count). The van der Waals surface area contributed by atoms with Crippen LogP contribution < -0.4 is 5.32 Å². The van der Waals surface area contributed by atoms with E-state index in [4.69, 9.17) is 0 Å². The number of hydrogen-bond donors (Lipinski definition) is 1. The van der Waals surface area contributed by atoms with Crippen LogP contribution in [0.1, 0.15) is 44.0 Å². The first-order valence-electron chi connectivity index (χ1n) is 7.64. The Morgan fingerprint density at radius 1 is 1.30 bits per heavy atom. The molecule has 0 heterocycles. The third kappa shape index (κ3) is 5.73. The van der Waals surface area contributed by atoms with Gasteiger partial charge in [-0.25, -0.2) is 0 Å². The number of esters is 1. The van der Waals surface area contributed by atoms with Crippen LogP contribution in [0, 0.1) is 0 Å². The lowest BCUT2D eigenvalue weighted by atomic mass is 10.1. The quantitative estimate of drug-likeness (QED) is 0.783. The van der Waals surface area contributed by atoms with Crippen molar-refractivity contribution >= 4 is 23.5 Å². The van der Waals surface area contributed by atoms with Gasteiger partial charge in [0.25, 0.3) is 5.91 Å². The third-order valence-corrected chi connectivity index (χ3v) is 3.60. The molecular formula is C17H24N2O4. The van der Waals surface area contributed by atoms with Gasteiger partial charge in [0.1, 0.15) is 0 Å². The molecule has 0 saturated heterocycles. The number of hydrogen-bond acceptors (Lipinski definition) is 4. The summed E-state index contributed by atoms with van der Waals surface area (Å²) in [5, 5.41) is 2.66. The Bertz CT molecular complexity index is 571. The van der Waals surface area contributed by atoms with Crippen LogP contribution in [0.25, 0.3) is 0 Å². The lowest BCUT2D eigenvalue weighted by Crippen LogP contribution is -2.39. The minimum absolute atomic E-state index is 0.00317. The van der Waals surface area contributed by atoms with Gasteiger partial charge in [-0.3, -0.25) is 14.4 Å². The van der Waals surface area contributed by atoms with Gasteiger partial charge >= 0.3 is 5.97 Å². The monoisotopic (exact) mass is 320 g/mol. The zero-order chi connectivity index (χ0) is 17.4. The molecule has 6 heteroatoms. The van der Waals surface area contributed by atoms with E-state index in [0.29, 0.717) is 17.8 Å². The van der Waals surface area contributed by atoms with Crippen LogP contribution in [0.2, 0.25) is 0 Å². The topological polar surface area (TPSA) is 75.7 Å². The number of ether oxygens (including phenoxy) is 1. The maximum atomic E-state index is 12.7. The normalized spacial score (nSPS) is 11.5. The van der Waals surface area contributed by atoms with E-state index in [1.165, 1.54) is 14.0 Å². The Balaban J connectivity index is 2.95. The molecule has 0 aromatic heterocycles. The van der Waals surface area contributed by atoms with Gasteiger partial charge in [0.05, 0.1) is 13.5 Å². The van der Waals surface area contributed by atoms with Crippen molar-refractivity contribution in [3.05, 3.63) is 29.8 Å². The summed E-state index contributed by atoms with van der Waals surface area (Å²) in [7, 11) is 1.33. The van der Waals surface area contributed by atoms with Crippen molar-refractivity contribution in [2.45, 2.75) is 39.7 Å². The van der Waals surface area contributed by atoms with E-state index >= 15 is 0 Å². The minimum Gasteiger partial charge on any atom is -0.469 e. The van der Waals surface area contributed by atoms with Gasteiger partial charge in [0.15, 0.2) is 0 Å². The number of carbonyl (C=O) groups is 3. The summed E-state index contributed by atoms with van der Waals surface area (Å²) in [6.07, 6.45) is 0.927. The Morgan fingerprint density at radius 2 is 2.00 bits per heavy atom. The summed E-state index contributed by atoms with van der Waals surface area (Å²) in [4.78, 5) is 36.9. The molecule has 23 heavy (non-hydrogen) atoms. The third-order valence-electron chi connectivity index (χ3n) is 3.60. The first kappa shape index (κ1) is 18.7. The summed E-state index contributed by atoms with van der Waals surface area (Å²) in [6.45, 7) is 5.63. The molecule has 1 aromatic carbocycles. The first-order chi connectivity index (χ1) is 10.9. The van der Waals surface area contributed by atoms with E-state index < -0.39 is 0 Å². The second-order valence-corrected chi connectivity index (χ2v) is 5.34. The number of nitrogens with one attached hydrogen (secondary N) is 1. The van der Waals surface area contributed by atoms with Gasteiger partial charge in [-0.1, -0.05) is 13.0 Å². The molecule has 0 aliphatic heterocycles. The summed E-state index contributed by atoms with van der Waals surface area (Å²) in [6, 6.07) is 6.77. The van der Waals surface area contributed by atoms with E-state index in [9.17, 15) is 14.4 Å². The van der Waals surface area contributed by atoms with Crippen LogP contribution in [-0.4, -0.2) is 42.4 Å². The number of rotatable bonds is 7. The van der Waals surface area contributed by atoms with Crippen molar-refractivity contribution in [3.8, 4) is 0 Å². The Labute approximate surface area is 136 Å². The molecule has 0 aliphatic rings. The molecule has 0 spiro atoms. The highest BCUT2D eigenvalue weighted by Crippen LogP contribution is 2.16. The highest BCUT2D eigenvalue weighted by atomic mass is 16.5. The van der Waals surface area contributed by atoms with Gasteiger partial charge in [-0.05, 0) is 31.5 Å². The molecule has 1 atom stereocenters. The van der Waals surface area contributed by atoms with Crippen LogP contribution in [-0.2, 0) is 14.3 Å². The van der Waals surface area contributed by atoms with Crippen LogP contribution in [0.4, 0.5) is 5.69 Å². The van der Waals surface area contributed by atoms with E-state index in [-0.39, 0.29) is 30.2 Å². The SMILES string of the molecule is CCC(C)N(CCC(=O)OC)C(=O)c1cccc(NC(C)=O)c1. The number of benzene rings is 1. The number of methoxy groups -OCH3 is 1. The average Bonchev–Trinajstić information content (AvgIpc) is 2.53. The van der Waals surface area contributed by atoms with Gasteiger partial charge in [0.2, 0.25) is 5.91 Å². The predicted octanol–water partition coefficient (Wildman–Crippen LogP) is 2.45. The molecule has 0 bridgehead atoms. The Morgan fingerprint density at radius 3 is 2.57 bits per heavy atom. The Kier molecular flexibility index (Phi) is 7.25. The minimum atomic E-state index is -0.349. The maximum Gasteiger partial charge on any atom is 0.307 e. The van der Waals surface area contributed by atoms with Gasteiger partial charge in [-0.2, -0.15) is 0 Å². The van der Waals surface area contributed by atoms with E-state index in [1.54, 1.807) is 29.2 Å². The number of amides is 2. The van der Waals surface area contributed by atoms with Crippen LogP contribution in [0.3, 0.4) is 0 Å². The number of anilines is 1. The van der Waals surface area contributed by atoms with E-state index in [1.807, 2.05) is 13.8 Å². The molecule has 1 unspecified atom stereocenters. The maximum absolute atomic E-state index is 12.7. The predicted molar refractivity (Wildman–Crippen MR) is 88.2 cm³/mol. The van der Waals surface area contributed by atoms with Crippen molar-refractivity contribution in [3.63, 3.8) is 0 Å². The highest BCUT2D eigenvalue weighted by molar-refractivity contribution is 5.97. The molecule has 0 aliphatic carbocycles. The molecular weight excluding hydrogens is 296 g/mol. The van der Waals surface area contributed by atoms with Gasteiger partial charge in [-0.15, -0.1) is 0 Å². The fraction of sp³-hybridized carbons (Fsp3) is 0.471. The van der Waals surface area contributed by atoms with Crippen molar-refractivity contribution in [1.29, 1.82) is 0 Å². The lowest BCUT2D eigenvalue weighted by molar-refractivity contribution is -0.140. The molecule has 0 fully saturated rings. The number of carbonyl (C=O) groups excluding carboxylic acids is 3. The summed E-state index contributed by atoms with van der Waals surface area (Å²) >= 11 is 0. The fourth-order valence-corrected chi connectivity index (χ4v) is 2.16. The highest BCUT2D eigenvalue weighted by Gasteiger charge is 2.21. The molecule has 126 valence electrons. The van der Waals surface area contributed by atoms with Crippen molar-refractivity contribution in [2.75, 3.05) is 19.0 Å². The summed E-state index contributed by atoms with van der Waals surface area (Å²) < 4.78 is 4.64. The second-order valence-electron chi connectivity index (χ2n) is 5.34. The lowest BCUT2D eigenvalue weighted by Gasteiger charge is -2.28. The van der Waals surface area contributed by atoms with Crippen LogP contribution in [0.5, 0.6) is 0 Å². The van der Waals surface area contributed by atoms with Gasteiger partial charge < -0.3 is 15.0 Å². The zero-order valence-corrected chi connectivity index (χ0v) is 14.1. The van der Waals surface area contributed by atoms with Crippen LogP contribution in [0.15, 0.2) is 24.3 Å². The molecule has 2 amide bonds. The Hall–Kier alpha value is -2.37.